The zero-order chi connectivity index (χ0) is 14.4. The fourth-order valence-corrected chi connectivity index (χ4v) is 3.45. The van der Waals surface area contributed by atoms with Crippen LogP contribution in [0.1, 0.15) is 5.56 Å². The number of benzene rings is 1. The minimum atomic E-state index is -3.42. The van der Waals surface area contributed by atoms with Crippen molar-refractivity contribution in [2.45, 2.75) is 16.8 Å². The third-order valence-corrected chi connectivity index (χ3v) is 5.04. The first-order valence-corrected chi connectivity index (χ1v) is 8.65. The topological polar surface area (TPSA) is 59.1 Å². The Bertz CT molecular complexity index is 641. The Morgan fingerprint density at radius 2 is 1.90 bits per heavy atom. The highest BCUT2D eigenvalue weighted by molar-refractivity contribution is 7.99. The smallest absolute Gasteiger partial charge is 0.240 e. The van der Waals surface area contributed by atoms with Gasteiger partial charge in [-0.15, -0.1) is 11.8 Å². The van der Waals surface area contributed by atoms with E-state index < -0.39 is 10.0 Å². The summed E-state index contributed by atoms with van der Waals surface area (Å²) < 4.78 is 26.6. The van der Waals surface area contributed by atoms with Crippen LogP contribution in [0, 0.1) is 6.92 Å². The molecule has 0 fully saturated rings. The number of rotatable bonds is 6. The zero-order valence-corrected chi connectivity index (χ0v) is 12.7. The quantitative estimate of drug-likeness (QED) is 0.658. The predicted octanol–water partition coefficient (Wildman–Crippen LogP) is 2.46. The minimum Gasteiger partial charge on any atom is -0.250 e. The van der Waals surface area contributed by atoms with Crippen molar-refractivity contribution in [3.05, 3.63) is 54.2 Å². The van der Waals surface area contributed by atoms with E-state index in [9.17, 15) is 8.42 Å². The SMILES string of the molecule is Cc1ccc(S(=O)(=O)NCCSc2ccccn2)cc1. The van der Waals surface area contributed by atoms with Crippen molar-refractivity contribution >= 4 is 21.8 Å². The van der Waals surface area contributed by atoms with E-state index in [1.54, 1.807) is 30.5 Å². The first-order chi connectivity index (χ1) is 9.58. The van der Waals surface area contributed by atoms with E-state index in [2.05, 4.69) is 9.71 Å². The molecule has 2 aromatic rings. The molecule has 6 heteroatoms. The van der Waals surface area contributed by atoms with E-state index in [-0.39, 0.29) is 0 Å². The van der Waals surface area contributed by atoms with E-state index in [1.807, 2.05) is 25.1 Å². The summed E-state index contributed by atoms with van der Waals surface area (Å²) in [6.45, 7) is 2.30. The Morgan fingerprint density at radius 3 is 2.55 bits per heavy atom. The highest BCUT2D eigenvalue weighted by atomic mass is 32.2. The van der Waals surface area contributed by atoms with Crippen LogP contribution in [-0.2, 0) is 10.0 Å². The largest absolute Gasteiger partial charge is 0.250 e. The third kappa shape index (κ3) is 4.33. The molecule has 1 N–H and O–H groups in total. The normalized spacial score (nSPS) is 11.4. The maximum atomic E-state index is 12.0. The number of aryl methyl sites for hydroxylation is 1. The summed E-state index contributed by atoms with van der Waals surface area (Å²) in [5.41, 5.74) is 1.04. The summed E-state index contributed by atoms with van der Waals surface area (Å²) in [5, 5.41) is 0.891. The molecule has 4 nitrogen and oxygen atoms in total. The van der Waals surface area contributed by atoms with Gasteiger partial charge in [0.1, 0.15) is 0 Å². The van der Waals surface area contributed by atoms with Gasteiger partial charge in [0.15, 0.2) is 0 Å². The number of hydrogen-bond acceptors (Lipinski definition) is 4. The van der Waals surface area contributed by atoms with Gasteiger partial charge in [-0.2, -0.15) is 0 Å². The summed E-state index contributed by atoms with van der Waals surface area (Å²) >= 11 is 1.52. The van der Waals surface area contributed by atoms with Gasteiger partial charge in [-0.3, -0.25) is 0 Å². The van der Waals surface area contributed by atoms with Gasteiger partial charge in [-0.1, -0.05) is 23.8 Å². The second kappa shape index (κ2) is 6.88. The van der Waals surface area contributed by atoms with Gasteiger partial charge in [-0.05, 0) is 31.2 Å². The van der Waals surface area contributed by atoms with Crippen molar-refractivity contribution in [3.63, 3.8) is 0 Å². The van der Waals surface area contributed by atoms with Crippen LogP contribution >= 0.6 is 11.8 Å². The first-order valence-electron chi connectivity index (χ1n) is 6.18. The van der Waals surface area contributed by atoms with Crippen molar-refractivity contribution in [3.8, 4) is 0 Å². The molecule has 20 heavy (non-hydrogen) atoms. The lowest BCUT2D eigenvalue weighted by Gasteiger charge is -2.06. The summed E-state index contributed by atoms with van der Waals surface area (Å²) in [6.07, 6.45) is 1.72. The van der Waals surface area contributed by atoms with Crippen molar-refractivity contribution in [1.82, 2.24) is 9.71 Å². The lowest BCUT2D eigenvalue weighted by molar-refractivity contribution is 0.584. The number of pyridine rings is 1. The molecule has 0 radical (unpaired) electrons. The van der Waals surface area contributed by atoms with Gasteiger partial charge >= 0.3 is 0 Å². The van der Waals surface area contributed by atoms with Crippen LogP contribution in [-0.4, -0.2) is 25.7 Å². The standard InChI is InChI=1S/C14H16N2O2S2/c1-12-5-7-13(8-6-12)20(17,18)16-10-11-19-14-4-2-3-9-15-14/h2-9,16H,10-11H2,1H3. The Morgan fingerprint density at radius 1 is 1.15 bits per heavy atom. The van der Waals surface area contributed by atoms with Gasteiger partial charge in [0.25, 0.3) is 0 Å². The fraction of sp³-hybridized carbons (Fsp3) is 0.214. The van der Waals surface area contributed by atoms with Crippen molar-refractivity contribution in [1.29, 1.82) is 0 Å². The van der Waals surface area contributed by atoms with E-state index >= 15 is 0 Å². The molecule has 0 atom stereocenters. The third-order valence-electron chi connectivity index (χ3n) is 2.61. The molecule has 0 aliphatic rings. The molecule has 0 spiro atoms. The van der Waals surface area contributed by atoms with Crippen molar-refractivity contribution in [2.75, 3.05) is 12.3 Å². The van der Waals surface area contributed by atoms with E-state index in [0.717, 1.165) is 10.6 Å². The van der Waals surface area contributed by atoms with Gasteiger partial charge in [0.05, 0.1) is 9.92 Å². The van der Waals surface area contributed by atoms with Gasteiger partial charge < -0.3 is 0 Å². The molecular formula is C14H16N2O2S2. The molecule has 0 unspecified atom stereocenters. The van der Waals surface area contributed by atoms with Gasteiger partial charge in [0, 0.05) is 18.5 Å². The Hall–Kier alpha value is -1.37. The molecule has 0 saturated heterocycles. The lowest BCUT2D eigenvalue weighted by Crippen LogP contribution is -2.26. The second-order valence-electron chi connectivity index (χ2n) is 4.23. The van der Waals surface area contributed by atoms with E-state index in [0.29, 0.717) is 17.2 Å². The molecule has 1 aromatic carbocycles. The average Bonchev–Trinajstić information content (AvgIpc) is 2.45. The molecule has 0 amide bonds. The highest BCUT2D eigenvalue weighted by Gasteiger charge is 2.12. The van der Waals surface area contributed by atoms with Crippen LogP contribution in [0.4, 0.5) is 0 Å². The predicted molar refractivity (Wildman–Crippen MR) is 81.3 cm³/mol. The van der Waals surface area contributed by atoms with Crippen LogP contribution < -0.4 is 4.72 Å². The Kier molecular flexibility index (Phi) is 5.17. The molecule has 1 aromatic heterocycles. The molecule has 0 aliphatic carbocycles. The van der Waals surface area contributed by atoms with E-state index in [4.69, 9.17) is 0 Å². The second-order valence-corrected chi connectivity index (χ2v) is 7.11. The molecule has 2 rings (SSSR count). The van der Waals surface area contributed by atoms with Gasteiger partial charge in [-0.25, -0.2) is 18.1 Å². The number of aromatic nitrogens is 1. The van der Waals surface area contributed by atoms with Crippen LogP contribution in [0.2, 0.25) is 0 Å². The Labute approximate surface area is 123 Å². The lowest BCUT2D eigenvalue weighted by atomic mass is 10.2. The zero-order valence-electron chi connectivity index (χ0n) is 11.1. The summed E-state index contributed by atoms with van der Waals surface area (Å²) in [7, 11) is -3.42. The maximum absolute atomic E-state index is 12.0. The first kappa shape index (κ1) is 15.0. The van der Waals surface area contributed by atoms with Crippen LogP contribution in [0.5, 0.6) is 0 Å². The fourth-order valence-electron chi connectivity index (χ4n) is 1.56. The summed E-state index contributed by atoms with van der Waals surface area (Å²) in [5.74, 6) is 0.641. The van der Waals surface area contributed by atoms with E-state index in [1.165, 1.54) is 11.8 Å². The van der Waals surface area contributed by atoms with Crippen LogP contribution in [0.3, 0.4) is 0 Å². The maximum Gasteiger partial charge on any atom is 0.240 e. The molecule has 0 saturated carbocycles. The number of nitrogens with one attached hydrogen (secondary N) is 1. The molecule has 106 valence electrons. The number of hydrogen-bond donors (Lipinski definition) is 1. The number of sulfonamides is 1. The molecule has 0 aliphatic heterocycles. The van der Waals surface area contributed by atoms with Crippen molar-refractivity contribution in [2.24, 2.45) is 0 Å². The highest BCUT2D eigenvalue weighted by Crippen LogP contribution is 2.14. The molecule has 1 heterocycles. The molecule has 0 bridgehead atoms. The van der Waals surface area contributed by atoms with Crippen molar-refractivity contribution < 1.29 is 8.42 Å². The van der Waals surface area contributed by atoms with Crippen LogP contribution in [0.15, 0.2) is 58.6 Å². The summed E-state index contributed by atoms with van der Waals surface area (Å²) in [4.78, 5) is 4.46. The Balaban J connectivity index is 1.85. The number of nitrogens with zero attached hydrogens (tertiary/aromatic N) is 1. The number of thioether (sulfide) groups is 1. The molecular weight excluding hydrogens is 292 g/mol. The average molecular weight is 308 g/mol. The monoisotopic (exact) mass is 308 g/mol. The van der Waals surface area contributed by atoms with Crippen LogP contribution in [0.25, 0.3) is 0 Å². The summed E-state index contributed by atoms with van der Waals surface area (Å²) in [6, 6.07) is 12.5. The van der Waals surface area contributed by atoms with Gasteiger partial charge in [0.2, 0.25) is 10.0 Å². The minimum absolute atomic E-state index is 0.297.